The van der Waals surface area contributed by atoms with Gasteiger partial charge in [0.2, 0.25) is 0 Å². The van der Waals surface area contributed by atoms with E-state index in [-0.39, 0.29) is 18.1 Å². The molecule has 1 saturated heterocycles. The van der Waals surface area contributed by atoms with Crippen LogP contribution in [-0.2, 0) is 11.0 Å². The number of hydrogen-bond acceptors (Lipinski definition) is 5. The standard InChI is InChI=1S/C23H19F3N4O/c24-23(25,26)18-7-3-11-28-22(18)30-12-4-6-16(14-30)21(31)17(13-27)20-10-9-15-5-1-2-8-19(15)29-20/h1-3,5,7-11,16-17H,4,6,12,14H2. The van der Waals surface area contributed by atoms with Gasteiger partial charge in [-0.2, -0.15) is 18.4 Å². The Bertz CT molecular complexity index is 1160. The van der Waals surface area contributed by atoms with Crippen molar-refractivity contribution in [2.75, 3.05) is 18.0 Å². The molecular formula is C23H19F3N4O. The van der Waals surface area contributed by atoms with E-state index in [4.69, 9.17) is 0 Å². The van der Waals surface area contributed by atoms with Gasteiger partial charge in [-0.3, -0.25) is 9.78 Å². The summed E-state index contributed by atoms with van der Waals surface area (Å²) in [6, 6.07) is 15.1. The van der Waals surface area contributed by atoms with Gasteiger partial charge in [-0.05, 0) is 37.1 Å². The molecule has 1 aromatic carbocycles. The van der Waals surface area contributed by atoms with Crippen LogP contribution in [0.4, 0.5) is 19.0 Å². The van der Waals surface area contributed by atoms with Crippen molar-refractivity contribution in [3.05, 3.63) is 66.0 Å². The molecule has 0 radical (unpaired) electrons. The van der Waals surface area contributed by atoms with Crippen LogP contribution < -0.4 is 4.90 Å². The zero-order valence-electron chi connectivity index (χ0n) is 16.5. The molecule has 5 nitrogen and oxygen atoms in total. The highest BCUT2D eigenvalue weighted by atomic mass is 19.4. The number of ketones is 1. The molecule has 1 aliphatic rings. The van der Waals surface area contributed by atoms with Crippen LogP contribution >= 0.6 is 0 Å². The second-order valence-corrected chi connectivity index (χ2v) is 7.55. The molecule has 0 N–H and O–H groups in total. The number of anilines is 1. The molecule has 158 valence electrons. The van der Waals surface area contributed by atoms with Crippen LogP contribution in [0.25, 0.3) is 10.9 Å². The van der Waals surface area contributed by atoms with Crippen molar-refractivity contribution in [1.82, 2.24) is 9.97 Å². The van der Waals surface area contributed by atoms with E-state index in [9.17, 15) is 23.2 Å². The van der Waals surface area contributed by atoms with Crippen molar-refractivity contribution in [3.8, 4) is 6.07 Å². The lowest BCUT2D eigenvalue weighted by Gasteiger charge is -2.34. The minimum atomic E-state index is -4.54. The molecule has 1 aliphatic heterocycles. The Kier molecular flexibility index (Phi) is 5.59. The number of Topliss-reactive ketones (excluding diaryl/α,β-unsaturated/α-hetero) is 1. The summed E-state index contributed by atoms with van der Waals surface area (Å²) in [7, 11) is 0. The fourth-order valence-corrected chi connectivity index (χ4v) is 4.03. The molecular weight excluding hydrogens is 405 g/mol. The third-order valence-corrected chi connectivity index (χ3v) is 5.54. The number of hydrogen-bond donors (Lipinski definition) is 0. The largest absolute Gasteiger partial charge is 0.419 e. The minimum Gasteiger partial charge on any atom is -0.355 e. The fourth-order valence-electron chi connectivity index (χ4n) is 4.03. The molecule has 0 amide bonds. The molecule has 2 unspecified atom stereocenters. The lowest BCUT2D eigenvalue weighted by molar-refractivity contribution is -0.137. The molecule has 0 saturated carbocycles. The molecule has 4 rings (SSSR count). The van der Waals surface area contributed by atoms with Gasteiger partial charge < -0.3 is 4.90 Å². The molecule has 1 fully saturated rings. The van der Waals surface area contributed by atoms with Gasteiger partial charge in [0, 0.05) is 30.6 Å². The molecule has 0 spiro atoms. The van der Waals surface area contributed by atoms with Crippen molar-refractivity contribution in [2.45, 2.75) is 24.9 Å². The molecule has 0 bridgehead atoms. The molecule has 0 aliphatic carbocycles. The van der Waals surface area contributed by atoms with Gasteiger partial charge in [-0.25, -0.2) is 4.98 Å². The normalized spacial score (nSPS) is 17.9. The zero-order chi connectivity index (χ0) is 22.0. The first-order valence-corrected chi connectivity index (χ1v) is 9.94. The quantitative estimate of drug-likeness (QED) is 0.605. The lowest BCUT2D eigenvalue weighted by Crippen LogP contribution is -2.41. The number of rotatable bonds is 4. The van der Waals surface area contributed by atoms with Crippen LogP contribution in [0.3, 0.4) is 0 Å². The summed E-state index contributed by atoms with van der Waals surface area (Å²) in [5.41, 5.74) is 0.217. The summed E-state index contributed by atoms with van der Waals surface area (Å²) < 4.78 is 40.2. The predicted octanol–water partition coefficient (Wildman–Crippen LogP) is 4.74. The van der Waals surface area contributed by atoms with Crippen molar-refractivity contribution in [1.29, 1.82) is 5.26 Å². The van der Waals surface area contributed by atoms with E-state index in [1.165, 1.54) is 17.2 Å². The summed E-state index contributed by atoms with van der Waals surface area (Å²) in [6.45, 7) is 0.458. The summed E-state index contributed by atoms with van der Waals surface area (Å²) in [5, 5.41) is 10.6. The Morgan fingerprint density at radius 2 is 1.97 bits per heavy atom. The third-order valence-electron chi connectivity index (χ3n) is 5.54. The van der Waals surface area contributed by atoms with Crippen LogP contribution in [-0.4, -0.2) is 28.8 Å². The van der Waals surface area contributed by atoms with E-state index in [1.54, 1.807) is 12.1 Å². The van der Waals surface area contributed by atoms with Crippen LogP contribution in [0.5, 0.6) is 0 Å². The maximum atomic E-state index is 13.4. The van der Waals surface area contributed by atoms with Gasteiger partial charge in [0.15, 0.2) is 5.78 Å². The first-order valence-electron chi connectivity index (χ1n) is 9.94. The zero-order valence-corrected chi connectivity index (χ0v) is 16.5. The molecule has 31 heavy (non-hydrogen) atoms. The molecule has 3 heterocycles. The Morgan fingerprint density at radius 1 is 1.16 bits per heavy atom. The van der Waals surface area contributed by atoms with Gasteiger partial charge in [0.1, 0.15) is 11.7 Å². The number of para-hydroxylation sites is 1. The average Bonchev–Trinajstić information content (AvgIpc) is 2.79. The van der Waals surface area contributed by atoms with Crippen molar-refractivity contribution < 1.29 is 18.0 Å². The number of benzene rings is 1. The Labute approximate surface area is 177 Å². The predicted molar refractivity (Wildman–Crippen MR) is 109 cm³/mol. The molecule has 3 aromatic rings. The topological polar surface area (TPSA) is 69.9 Å². The summed E-state index contributed by atoms with van der Waals surface area (Å²) >= 11 is 0. The minimum absolute atomic E-state index is 0.0880. The van der Waals surface area contributed by atoms with Gasteiger partial charge in [0.05, 0.1) is 22.8 Å². The van der Waals surface area contributed by atoms with Gasteiger partial charge in [-0.15, -0.1) is 0 Å². The van der Waals surface area contributed by atoms with Crippen molar-refractivity contribution in [2.24, 2.45) is 5.92 Å². The number of carbonyl (C=O) groups is 1. The number of pyridine rings is 2. The van der Waals surface area contributed by atoms with Crippen LogP contribution in [0.15, 0.2) is 54.7 Å². The molecule has 2 atom stereocenters. The third kappa shape index (κ3) is 4.22. The summed E-state index contributed by atoms with van der Waals surface area (Å²) in [5.74, 6) is -2.14. The maximum absolute atomic E-state index is 13.4. The lowest BCUT2D eigenvalue weighted by atomic mass is 9.85. The summed E-state index contributed by atoms with van der Waals surface area (Å²) in [6.07, 6.45) is -2.18. The first kappa shape index (κ1) is 20.8. The molecule has 2 aromatic heterocycles. The monoisotopic (exact) mass is 424 g/mol. The summed E-state index contributed by atoms with van der Waals surface area (Å²) in [4.78, 5) is 23.1. The van der Waals surface area contributed by atoms with E-state index in [0.717, 1.165) is 11.5 Å². The highest BCUT2D eigenvalue weighted by molar-refractivity contribution is 5.91. The second-order valence-electron chi connectivity index (χ2n) is 7.55. The smallest absolute Gasteiger partial charge is 0.355 e. The number of alkyl halides is 3. The van der Waals surface area contributed by atoms with Crippen LogP contribution in [0, 0.1) is 17.2 Å². The fraction of sp³-hybridized carbons (Fsp3) is 0.304. The number of aromatic nitrogens is 2. The number of piperidine rings is 1. The van der Waals surface area contributed by atoms with E-state index in [0.29, 0.717) is 30.6 Å². The number of nitriles is 1. The van der Waals surface area contributed by atoms with Crippen molar-refractivity contribution in [3.63, 3.8) is 0 Å². The number of carbonyl (C=O) groups excluding carboxylic acids is 1. The number of nitrogens with zero attached hydrogens (tertiary/aromatic N) is 4. The van der Waals surface area contributed by atoms with E-state index in [2.05, 4.69) is 9.97 Å². The van der Waals surface area contributed by atoms with Crippen molar-refractivity contribution >= 4 is 22.5 Å². The highest BCUT2D eigenvalue weighted by Gasteiger charge is 2.38. The Balaban J connectivity index is 1.59. The van der Waals surface area contributed by atoms with Gasteiger partial charge in [-0.1, -0.05) is 24.3 Å². The van der Waals surface area contributed by atoms with Gasteiger partial charge in [0.25, 0.3) is 0 Å². The first-order chi connectivity index (χ1) is 14.9. The highest BCUT2D eigenvalue weighted by Crippen LogP contribution is 2.37. The Hall–Kier alpha value is -3.47. The molecule has 8 heteroatoms. The van der Waals surface area contributed by atoms with Gasteiger partial charge >= 0.3 is 6.18 Å². The maximum Gasteiger partial charge on any atom is 0.419 e. The second kappa shape index (κ2) is 8.34. The number of fused-ring (bicyclic) bond motifs is 1. The Morgan fingerprint density at radius 3 is 2.74 bits per heavy atom. The van der Waals surface area contributed by atoms with E-state index >= 15 is 0 Å². The number of halogens is 3. The van der Waals surface area contributed by atoms with E-state index < -0.39 is 23.6 Å². The van der Waals surface area contributed by atoms with E-state index in [1.807, 2.05) is 30.3 Å². The SMILES string of the molecule is N#CC(C(=O)C1CCCN(c2ncccc2C(F)(F)F)C1)c1ccc2ccccc2n1. The average molecular weight is 424 g/mol. The van der Waals surface area contributed by atoms with Crippen LogP contribution in [0.1, 0.15) is 30.0 Å². The van der Waals surface area contributed by atoms with Crippen LogP contribution in [0.2, 0.25) is 0 Å².